The average Bonchev–Trinajstić information content (AvgIpc) is 2.72. The highest BCUT2D eigenvalue weighted by Gasteiger charge is 2.52. The van der Waals surface area contributed by atoms with Crippen molar-refractivity contribution in [2.24, 2.45) is 17.8 Å². The van der Waals surface area contributed by atoms with Crippen molar-refractivity contribution < 1.29 is 19.4 Å². The Morgan fingerprint density at radius 3 is 2.16 bits per heavy atom. The Balaban J connectivity index is 1.43. The Morgan fingerprint density at radius 2 is 1.52 bits per heavy atom. The lowest BCUT2D eigenvalue weighted by molar-refractivity contribution is -0.00611. The van der Waals surface area contributed by atoms with Gasteiger partial charge in [-0.15, -0.1) is 0 Å². The molecule has 158 valence electrons. The van der Waals surface area contributed by atoms with Crippen LogP contribution < -0.4 is 5.63 Å². The van der Waals surface area contributed by atoms with Crippen LogP contribution in [0, 0.1) is 17.8 Å². The van der Waals surface area contributed by atoms with Crippen molar-refractivity contribution in [2.75, 3.05) is 0 Å². The van der Waals surface area contributed by atoms with Crippen LogP contribution in [0.5, 0.6) is 5.75 Å². The molecule has 0 spiro atoms. The largest absolute Gasteiger partial charge is 0.508 e. The molecule has 0 radical (unpaired) electrons. The van der Waals surface area contributed by atoms with E-state index in [2.05, 4.69) is 6.07 Å². The molecule has 0 atom stereocenters. The highest BCUT2D eigenvalue weighted by atomic mass is 16.4. The van der Waals surface area contributed by atoms with E-state index in [1.165, 1.54) is 44.6 Å². The molecule has 4 aliphatic rings. The minimum absolute atomic E-state index is 0.0780. The maximum Gasteiger partial charge on any atom is 0.351 e. The number of carbonyl (C=O) groups is 1. The van der Waals surface area contributed by atoms with E-state index in [1.54, 1.807) is 18.2 Å². The molecule has 1 heterocycles. The van der Waals surface area contributed by atoms with E-state index in [0.717, 1.165) is 34.4 Å². The molecule has 0 unspecified atom stereocenters. The van der Waals surface area contributed by atoms with Gasteiger partial charge in [0, 0.05) is 10.9 Å². The molecule has 1 aromatic heterocycles. The van der Waals surface area contributed by atoms with Gasteiger partial charge in [-0.1, -0.05) is 18.2 Å². The number of hydrogen-bond acceptors (Lipinski definition) is 4. The fourth-order valence-electron chi connectivity index (χ4n) is 7.02. The molecule has 4 aliphatic carbocycles. The fourth-order valence-corrected chi connectivity index (χ4v) is 7.02. The van der Waals surface area contributed by atoms with Crippen LogP contribution in [0.1, 0.15) is 54.4 Å². The predicted molar refractivity (Wildman–Crippen MR) is 116 cm³/mol. The summed E-state index contributed by atoms with van der Waals surface area (Å²) in [6, 6.07) is 12.6. The minimum Gasteiger partial charge on any atom is -0.508 e. The SMILES string of the molecule is O=C(O)c1cc2ccc(-c3ccc(O)c(C45CC6CC(CC(C6)C4)C5)c3)cc2oc1=O. The molecule has 4 fully saturated rings. The average molecular weight is 416 g/mol. The maximum absolute atomic E-state index is 12.0. The van der Waals surface area contributed by atoms with E-state index >= 15 is 0 Å². The smallest absolute Gasteiger partial charge is 0.351 e. The van der Waals surface area contributed by atoms with Crippen LogP contribution in [0.3, 0.4) is 0 Å². The fraction of sp³-hybridized carbons (Fsp3) is 0.385. The molecule has 2 aromatic carbocycles. The number of aromatic carboxylic acids is 1. The summed E-state index contributed by atoms with van der Waals surface area (Å²) in [5, 5.41) is 20.5. The third kappa shape index (κ3) is 2.90. The Kier molecular flexibility index (Phi) is 3.89. The van der Waals surface area contributed by atoms with Gasteiger partial charge in [0.15, 0.2) is 0 Å². The lowest BCUT2D eigenvalue weighted by Crippen LogP contribution is -2.48. The zero-order valence-electron chi connectivity index (χ0n) is 17.1. The van der Waals surface area contributed by atoms with Crippen molar-refractivity contribution in [3.05, 3.63) is 64.0 Å². The second-order valence-electron chi connectivity index (χ2n) is 9.94. The molecule has 3 aromatic rings. The molecule has 7 rings (SSSR count). The molecule has 5 nitrogen and oxygen atoms in total. The number of phenolic OH excluding ortho intramolecular Hbond substituents is 1. The summed E-state index contributed by atoms with van der Waals surface area (Å²) < 4.78 is 5.28. The summed E-state index contributed by atoms with van der Waals surface area (Å²) >= 11 is 0. The third-order valence-electron chi connectivity index (χ3n) is 7.91. The number of rotatable bonds is 3. The third-order valence-corrected chi connectivity index (χ3v) is 7.91. The van der Waals surface area contributed by atoms with Crippen LogP contribution in [-0.2, 0) is 5.41 Å². The normalized spacial score (nSPS) is 28.8. The van der Waals surface area contributed by atoms with Gasteiger partial charge in [0.1, 0.15) is 16.9 Å². The second kappa shape index (κ2) is 6.46. The van der Waals surface area contributed by atoms with Crippen LogP contribution in [0.15, 0.2) is 51.7 Å². The van der Waals surface area contributed by atoms with Crippen molar-refractivity contribution in [3.63, 3.8) is 0 Å². The molecule has 4 saturated carbocycles. The van der Waals surface area contributed by atoms with Crippen LogP contribution in [0.2, 0.25) is 0 Å². The highest BCUT2D eigenvalue weighted by molar-refractivity contribution is 5.92. The van der Waals surface area contributed by atoms with Gasteiger partial charge in [0.25, 0.3) is 0 Å². The molecule has 0 aliphatic heterocycles. The summed E-state index contributed by atoms with van der Waals surface area (Å²) in [5.41, 5.74) is 2.13. The number of aromatic hydroxyl groups is 1. The number of benzene rings is 2. The summed E-state index contributed by atoms with van der Waals surface area (Å²) in [5.74, 6) is 1.44. The van der Waals surface area contributed by atoms with E-state index in [4.69, 9.17) is 9.52 Å². The van der Waals surface area contributed by atoms with E-state index in [1.807, 2.05) is 12.1 Å². The molecular formula is C26H24O5. The van der Waals surface area contributed by atoms with Gasteiger partial charge in [-0.3, -0.25) is 0 Å². The van der Waals surface area contributed by atoms with Crippen LogP contribution in [-0.4, -0.2) is 16.2 Å². The minimum atomic E-state index is -1.29. The lowest BCUT2D eigenvalue weighted by atomic mass is 9.48. The first-order chi connectivity index (χ1) is 14.9. The zero-order valence-corrected chi connectivity index (χ0v) is 17.1. The van der Waals surface area contributed by atoms with Gasteiger partial charge in [-0.2, -0.15) is 0 Å². The van der Waals surface area contributed by atoms with Crippen LogP contribution in [0.4, 0.5) is 0 Å². The zero-order chi connectivity index (χ0) is 21.3. The summed E-state index contributed by atoms with van der Waals surface area (Å²) in [6.07, 6.45) is 7.55. The van der Waals surface area contributed by atoms with Gasteiger partial charge in [0.2, 0.25) is 0 Å². The van der Waals surface area contributed by atoms with Gasteiger partial charge < -0.3 is 14.6 Å². The first kappa shape index (κ1) is 18.7. The first-order valence-electron chi connectivity index (χ1n) is 11.1. The number of carboxylic acids is 1. The predicted octanol–water partition coefficient (Wildman–Crippen LogP) is 5.33. The summed E-state index contributed by atoms with van der Waals surface area (Å²) in [7, 11) is 0. The van der Waals surface area contributed by atoms with Gasteiger partial charge in [0.05, 0.1) is 0 Å². The Bertz CT molecular complexity index is 1250. The van der Waals surface area contributed by atoms with E-state index in [9.17, 15) is 14.7 Å². The van der Waals surface area contributed by atoms with Crippen LogP contribution >= 0.6 is 0 Å². The van der Waals surface area contributed by atoms with Gasteiger partial charge >= 0.3 is 11.6 Å². The summed E-state index contributed by atoms with van der Waals surface area (Å²) in [4.78, 5) is 23.2. The highest BCUT2D eigenvalue weighted by Crippen LogP contribution is 2.62. The molecule has 2 N–H and O–H groups in total. The van der Waals surface area contributed by atoms with Crippen LogP contribution in [0.25, 0.3) is 22.1 Å². The molecule has 31 heavy (non-hydrogen) atoms. The van der Waals surface area contributed by atoms with Gasteiger partial charge in [-0.05, 0) is 97.1 Å². The standard InChI is InChI=1S/C26H24O5/c27-22-4-3-17(9-21(22)26-11-14-5-15(12-26)7-16(6-14)13-26)18-1-2-19-8-20(24(28)29)25(30)31-23(19)10-18/h1-4,8-10,14-16,27H,5-7,11-13H2,(H,28,29). The molecular weight excluding hydrogens is 392 g/mol. The molecule has 4 bridgehead atoms. The van der Waals surface area contributed by atoms with E-state index in [0.29, 0.717) is 16.7 Å². The van der Waals surface area contributed by atoms with Crippen molar-refractivity contribution >= 4 is 16.9 Å². The monoisotopic (exact) mass is 416 g/mol. The maximum atomic E-state index is 12.0. The Morgan fingerprint density at radius 1 is 0.903 bits per heavy atom. The van der Waals surface area contributed by atoms with Gasteiger partial charge in [-0.25, -0.2) is 9.59 Å². The topological polar surface area (TPSA) is 87.7 Å². The number of hydrogen-bond donors (Lipinski definition) is 2. The Hall–Kier alpha value is -3.08. The molecule has 0 amide bonds. The number of phenols is 1. The lowest BCUT2D eigenvalue weighted by Gasteiger charge is -2.57. The Labute approximate surface area is 179 Å². The van der Waals surface area contributed by atoms with Crippen molar-refractivity contribution in [3.8, 4) is 16.9 Å². The summed E-state index contributed by atoms with van der Waals surface area (Å²) in [6.45, 7) is 0. The number of carboxylic acid groups (broad SMARTS) is 1. The van der Waals surface area contributed by atoms with Crippen molar-refractivity contribution in [1.82, 2.24) is 0 Å². The second-order valence-corrected chi connectivity index (χ2v) is 9.94. The quantitative estimate of drug-likeness (QED) is 0.563. The van der Waals surface area contributed by atoms with Crippen molar-refractivity contribution in [2.45, 2.75) is 43.9 Å². The van der Waals surface area contributed by atoms with E-state index in [-0.39, 0.29) is 11.0 Å². The van der Waals surface area contributed by atoms with Crippen molar-refractivity contribution in [1.29, 1.82) is 0 Å². The van der Waals surface area contributed by atoms with E-state index < -0.39 is 11.6 Å². The number of fused-ring (bicyclic) bond motifs is 1. The molecule has 0 saturated heterocycles. The molecule has 5 heteroatoms. The first-order valence-corrected chi connectivity index (χ1v) is 11.1.